The molecule has 0 bridgehead atoms. The maximum atomic E-state index is 5.72. The van der Waals surface area contributed by atoms with E-state index in [1.165, 1.54) is 52.5 Å². The summed E-state index contributed by atoms with van der Waals surface area (Å²) in [5.74, 6) is 3.74. The maximum Gasteiger partial charge on any atom is 0.174 e. The zero-order valence-electron chi connectivity index (χ0n) is 18.7. The van der Waals surface area contributed by atoms with Gasteiger partial charge in [0.2, 0.25) is 0 Å². The summed E-state index contributed by atoms with van der Waals surface area (Å²) in [5.41, 5.74) is 4.11. The Morgan fingerprint density at radius 1 is 1.00 bits per heavy atom. The number of nitrogens with zero attached hydrogens (tertiary/aromatic N) is 1. The molecule has 0 spiro atoms. The van der Waals surface area contributed by atoms with Gasteiger partial charge in [0.1, 0.15) is 5.75 Å². The lowest BCUT2D eigenvalue weighted by molar-refractivity contribution is 0.233. The van der Waals surface area contributed by atoms with Gasteiger partial charge in [-0.15, -0.1) is 17.0 Å². The van der Waals surface area contributed by atoms with E-state index in [-0.39, 0.29) is 17.0 Å². The van der Waals surface area contributed by atoms with Crippen LogP contribution < -0.4 is 14.2 Å². The summed E-state index contributed by atoms with van der Waals surface area (Å²) in [4.78, 5) is 2.69. The van der Waals surface area contributed by atoms with Crippen LogP contribution in [0.5, 0.6) is 17.2 Å². The average Bonchev–Trinajstić information content (AvgIpc) is 3.21. The third-order valence-corrected chi connectivity index (χ3v) is 7.89. The van der Waals surface area contributed by atoms with Crippen molar-refractivity contribution in [3.63, 3.8) is 0 Å². The number of benzene rings is 2. The van der Waals surface area contributed by atoms with Crippen LogP contribution >= 0.6 is 39.6 Å². The normalized spacial score (nSPS) is 19.3. The molecule has 1 saturated carbocycles. The number of hydrogen-bond donors (Lipinski definition) is 0. The fourth-order valence-corrected chi connectivity index (χ4v) is 6.20. The van der Waals surface area contributed by atoms with Gasteiger partial charge >= 0.3 is 0 Å². The van der Waals surface area contributed by atoms with Crippen molar-refractivity contribution in [1.29, 1.82) is 0 Å². The van der Waals surface area contributed by atoms with Gasteiger partial charge in [-0.2, -0.15) is 0 Å². The second-order valence-electron chi connectivity index (χ2n) is 8.48. The lowest BCUT2D eigenvalue weighted by Gasteiger charge is -2.28. The molecule has 0 radical (unpaired) electrons. The Balaban J connectivity index is 0.00000272. The van der Waals surface area contributed by atoms with Gasteiger partial charge in [0.15, 0.2) is 11.5 Å². The SMILES string of the molecule is Br.COc1ccc(C2CN(CC3CCCC3)CCc3c2cc(OC)c(OC)c3I)cc1. The summed E-state index contributed by atoms with van der Waals surface area (Å²) in [7, 11) is 5.18. The number of methoxy groups -OCH3 is 3. The van der Waals surface area contributed by atoms with E-state index in [1.54, 1.807) is 21.3 Å². The Kier molecular flexibility index (Phi) is 8.93. The molecular weight excluding hydrogens is 569 g/mol. The quantitative estimate of drug-likeness (QED) is 0.376. The van der Waals surface area contributed by atoms with Crippen LogP contribution in [0.25, 0.3) is 0 Å². The third kappa shape index (κ3) is 5.33. The van der Waals surface area contributed by atoms with Crippen LogP contribution in [-0.4, -0.2) is 45.9 Å². The number of ether oxygens (including phenoxy) is 3. The van der Waals surface area contributed by atoms with Gasteiger partial charge in [-0.1, -0.05) is 25.0 Å². The van der Waals surface area contributed by atoms with Crippen LogP contribution in [0.4, 0.5) is 0 Å². The molecule has 0 saturated heterocycles. The molecule has 4 nitrogen and oxygen atoms in total. The van der Waals surface area contributed by atoms with Gasteiger partial charge in [0, 0.05) is 25.6 Å². The van der Waals surface area contributed by atoms with Crippen molar-refractivity contribution < 1.29 is 14.2 Å². The Labute approximate surface area is 210 Å². The summed E-state index contributed by atoms with van der Waals surface area (Å²) in [6, 6.07) is 10.8. The molecule has 1 unspecified atom stereocenters. The summed E-state index contributed by atoms with van der Waals surface area (Å²) < 4.78 is 18.0. The Morgan fingerprint density at radius 3 is 2.32 bits per heavy atom. The zero-order chi connectivity index (χ0) is 21.1. The minimum absolute atomic E-state index is 0. The van der Waals surface area contributed by atoms with E-state index >= 15 is 0 Å². The van der Waals surface area contributed by atoms with E-state index in [0.29, 0.717) is 5.92 Å². The first-order chi connectivity index (χ1) is 14.6. The number of hydrogen-bond acceptors (Lipinski definition) is 4. The molecule has 31 heavy (non-hydrogen) atoms. The van der Waals surface area contributed by atoms with Crippen molar-refractivity contribution in [3.8, 4) is 17.2 Å². The lowest BCUT2D eigenvalue weighted by atomic mass is 9.87. The van der Waals surface area contributed by atoms with Crippen LogP contribution in [0.1, 0.15) is 48.3 Å². The fourth-order valence-electron chi connectivity index (χ4n) is 5.14. The third-order valence-electron chi connectivity index (χ3n) is 6.75. The lowest BCUT2D eigenvalue weighted by Crippen LogP contribution is -2.33. The van der Waals surface area contributed by atoms with E-state index in [9.17, 15) is 0 Å². The number of fused-ring (bicyclic) bond motifs is 1. The summed E-state index contributed by atoms with van der Waals surface area (Å²) in [6.45, 7) is 3.36. The topological polar surface area (TPSA) is 30.9 Å². The van der Waals surface area contributed by atoms with Crippen molar-refractivity contribution in [3.05, 3.63) is 50.6 Å². The van der Waals surface area contributed by atoms with Crippen molar-refractivity contribution >= 4 is 39.6 Å². The first-order valence-electron chi connectivity index (χ1n) is 10.9. The first-order valence-corrected chi connectivity index (χ1v) is 12.0. The summed E-state index contributed by atoms with van der Waals surface area (Å²) in [5, 5.41) is 0. The van der Waals surface area contributed by atoms with E-state index in [4.69, 9.17) is 14.2 Å². The highest BCUT2D eigenvalue weighted by atomic mass is 127. The largest absolute Gasteiger partial charge is 0.497 e. The van der Waals surface area contributed by atoms with E-state index in [0.717, 1.165) is 42.7 Å². The highest BCUT2D eigenvalue weighted by molar-refractivity contribution is 14.1. The molecule has 4 rings (SSSR count). The molecule has 1 heterocycles. The fraction of sp³-hybridized carbons (Fsp3) is 0.520. The van der Waals surface area contributed by atoms with Gasteiger partial charge in [0.05, 0.1) is 24.9 Å². The van der Waals surface area contributed by atoms with Gasteiger partial charge in [0.25, 0.3) is 0 Å². The molecule has 2 aromatic rings. The average molecular weight is 602 g/mol. The highest BCUT2D eigenvalue weighted by Gasteiger charge is 2.30. The van der Waals surface area contributed by atoms with Crippen molar-refractivity contribution in [1.82, 2.24) is 4.90 Å². The van der Waals surface area contributed by atoms with Crippen LogP contribution in [0, 0.1) is 9.49 Å². The minimum atomic E-state index is 0. The molecule has 0 aromatic heterocycles. The maximum absolute atomic E-state index is 5.72. The smallest absolute Gasteiger partial charge is 0.174 e. The van der Waals surface area contributed by atoms with Crippen molar-refractivity contribution in [2.24, 2.45) is 5.92 Å². The summed E-state index contributed by atoms with van der Waals surface area (Å²) in [6.07, 6.45) is 6.61. The van der Waals surface area contributed by atoms with Crippen LogP contribution in [0.3, 0.4) is 0 Å². The van der Waals surface area contributed by atoms with Crippen LogP contribution in [0.15, 0.2) is 30.3 Å². The van der Waals surface area contributed by atoms with Gasteiger partial charge < -0.3 is 19.1 Å². The van der Waals surface area contributed by atoms with E-state index in [2.05, 4.69) is 57.8 Å². The Hall–Kier alpha value is -0.990. The second-order valence-corrected chi connectivity index (χ2v) is 9.56. The van der Waals surface area contributed by atoms with E-state index < -0.39 is 0 Å². The van der Waals surface area contributed by atoms with Gasteiger partial charge in [-0.3, -0.25) is 0 Å². The number of rotatable bonds is 6. The molecular formula is C25H33BrINO3. The molecule has 1 fully saturated rings. The van der Waals surface area contributed by atoms with Gasteiger partial charge in [-0.25, -0.2) is 0 Å². The molecule has 2 aliphatic rings. The standard InChI is InChI=1S/C25H32INO3.BrH/c1-28-19-10-8-18(9-11-19)22-16-27(15-17-6-4-5-7-17)13-12-20-21(22)14-23(29-2)25(30-3)24(20)26;/h8-11,14,17,22H,4-7,12-13,15-16H2,1-3H3;1H. The zero-order valence-corrected chi connectivity index (χ0v) is 22.5. The molecule has 2 aromatic carbocycles. The van der Waals surface area contributed by atoms with Crippen molar-refractivity contribution in [2.75, 3.05) is 41.0 Å². The predicted molar refractivity (Wildman–Crippen MR) is 140 cm³/mol. The minimum Gasteiger partial charge on any atom is -0.497 e. The molecule has 0 N–H and O–H groups in total. The molecule has 1 atom stereocenters. The van der Waals surface area contributed by atoms with Crippen LogP contribution in [0.2, 0.25) is 0 Å². The highest BCUT2D eigenvalue weighted by Crippen LogP contribution is 2.43. The second kappa shape index (κ2) is 11.2. The monoisotopic (exact) mass is 601 g/mol. The molecule has 1 aliphatic carbocycles. The van der Waals surface area contributed by atoms with Crippen molar-refractivity contribution in [2.45, 2.75) is 38.0 Å². The Bertz CT molecular complexity index is 868. The summed E-state index contributed by atoms with van der Waals surface area (Å²) >= 11 is 2.44. The van der Waals surface area contributed by atoms with Gasteiger partial charge in [-0.05, 0) is 82.7 Å². The molecule has 6 heteroatoms. The first kappa shape index (κ1) is 24.6. The molecule has 1 aliphatic heterocycles. The Morgan fingerprint density at radius 2 is 1.71 bits per heavy atom. The molecule has 0 amide bonds. The van der Waals surface area contributed by atoms with E-state index in [1.807, 2.05) is 0 Å². The van der Waals surface area contributed by atoms with Crippen LogP contribution in [-0.2, 0) is 6.42 Å². The predicted octanol–water partition coefficient (Wildman–Crippen LogP) is 6.08. The molecule has 170 valence electrons. The number of halogens is 2.